The van der Waals surface area contributed by atoms with Crippen LogP contribution in [0.3, 0.4) is 0 Å². The molecule has 0 aliphatic rings. The lowest BCUT2D eigenvalue weighted by Crippen LogP contribution is -2.49. The van der Waals surface area contributed by atoms with Gasteiger partial charge in [-0.2, -0.15) is 0 Å². The van der Waals surface area contributed by atoms with E-state index in [1.54, 1.807) is 0 Å². The van der Waals surface area contributed by atoms with Crippen LogP contribution in [0.4, 0.5) is 0 Å². The number of carbonyl (C=O) groups is 2. The Kier molecular flexibility index (Phi) is 40.7. The highest BCUT2D eigenvalue weighted by Gasteiger charge is 2.15. The molecule has 6 heteroatoms. The zero-order valence-electron chi connectivity index (χ0n) is 32.3. The van der Waals surface area contributed by atoms with Crippen LogP contribution in [0.1, 0.15) is 226 Å². The highest BCUT2D eigenvalue weighted by atomic mass is 35.5. The summed E-state index contributed by atoms with van der Waals surface area (Å²) in [5, 5.41) is 6.22. The molecular weight excluding hydrogens is 602 g/mol. The Morgan fingerprint density at radius 2 is 0.660 bits per heavy atom. The fourth-order valence-electron chi connectivity index (χ4n) is 6.41. The summed E-state index contributed by atoms with van der Waals surface area (Å²) >= 11 is 0. The van der Waals surface area contributed by atoms with Crippen molar-refractivity contribution in [2.24, 2.45) is 0 Å². The van der Waals surface area contributed by atoms with Crippen molar-refractivity contribution < 1.29 is 9.59 Å². The molecule has 0 aliphatic carbocycles. The van der Waals surface area contributed by atoms with E-state index in [1.807, 2.05) is 14.1 Å². The zero-order valence-corrected chi connectivity index (χ0v) is 33.1. The van der Waals surface area contributed by atoms with Crippen molar-refractivity contribution in [3.05, 3.63) is 0 Å². The van der Waals surface area contributed by atoms with Crippen molar-refractivity contribution >= 4 is 24.2 Å². The summed E-state index contributed by atoms with van der Waals surface area (Å²) in [7, 11) is 4.07. The molecule has 0 radical (unpaired) electrons. The summed E-state index contributed by atoms with van der Waals surface area (Å²) in [6.07, 6.45) is 41.4. The number of amides is 2. The third kappa shape index (κ3) is 39.5. The van der Waals surface area contributed by atoms with Gasteiger partial charge in [0.25, 0.3) is 0 Å². The highest BCUT2D eigenvalue weighted by Crippen LogP contribution is 2.15. The molecule has 0 aromatic heterocycles. The predicted molar refractivity (Wildman–Crippen MR) is 210 cm³/mol. The Balaban J connectivity index is 0. The number of nitrogens with one attached hydrogen (secondary N) is 2. The number of hydrogen-bond donors (Lipinski definition) is 2. The second-order valence-corrected chi connectivity index (χ2v) is 14.7. The van der Waals surface area contributed by atoms with Crippen molar-refractivity contribution in [2.75, 3.05) is 20.6 Å². The molecule has 0 atom stereocenters. The van der Waals surface area contributed by atoms with Crippen LogP contribution in [0, 0.1) is 0 Å². The molecular formula is C41H84ClN3O2. The van der Waals surface area contributed by atoms with E-state index < -0.39 is 0 Å². The number of halogens is 1. The van der Waals surface area contributed by atoms with Crippen LogP contribution in [-0.2, 0) is 9.59 Å². The van der Waals surface area contributed by atoms with Gasteiger partial charge in [-0.15, -0.1) is 12.4 Å². The van der Waals surface area contributed by atoms with Gasteiger partial charge in [-0.1, -0.05) is 194 Å². The SMILES string of the molecule is CCCCCCCCCCCCCCCCCC(=O)NC(CCN(C)C)NC(=O)CCCCCCCCCCCCCCCCC.Cl. The van der Waals surface area contributed by atoms with Crippen LogP contribution < -0.4 is 10.6 Å². The van der Waals surface area contributed by atoms with E-state index in [0.717, 1.165) is 38.6 Å². The van der Waals surface area contributed by atoms with Crippen molar-refractivity contribution in [3.8, 4) is 0 Å². The van der Waals surface area contributed by atoms with Gasteiger partial charge in [0.15, 0.2) is 0 Å². The average molecular weight is 687 g/mol. The van der Waals surface area contributed by atoms with Crippen LogP contribution in [0.5, 0.6) is 0 Å². The molecule has 0 spiro atoms. The summed E-state index contributed by atoms with van der Waals surface area (Å²) in [5.41, 5.74) is 0. The molecule has 0 aromatic rings. The van der Waals surface area contributed by atoms with E-state index in [1.165, 1.54) is 167 Å². The molecule has 282 valence electrons. The lowest BCUT2D eigenvalue weighted by molar-refractivity contribution is -0.124. The summed E-state index contributed by atoms with van der Waals surface area (Å²) in [6.45, 7) is 5.40. The Morgan fingerprint density at radius 1 is 0.426 bits per heavy atom. The lowest BCUT2D eigenvalue weighted by Gasteiger charge is -2.22. The van der Waals surface area contributed by atoms with Crippen molar-refractivity contribution in [1.29, 1.82) is 0 Å². The van der Waals surface area contributed by atoms with Gasteiger partial charge in [0.1, 0.15) is 6.17 Å². The normalized spacial score (nSPS) is 11.3. The van der Waals surface area contributed by atoms with Gasteiger partial charge in [0, 0.05) is 19.4 Å². The van der Waals surface area contributed by atoms with Crippen molar-refractivity contribution in [2.45, 2.75) is 232 Å². The maximum atomic E-state index is 12.6. The van der Waals surface area contributed by atoms with Gasteiger partial charge in [-0.3, -0.25) is 9.59 Å². The Hall–Kier alpha value is -0.810. The van der Waals surface area contributed by atoms with Gasteiger partial charge in [-0.05, 0) is 33.4 Å². The first kappa shape index (κ1) is 48.3. The molecule has 0 aromatic carbocycles. The first-order valence-electron chi connectivity index (χ1n) is 20.7. The molecule has 2 N–H and O–H groups in total. The molecule has 0 unspecified atom stereocenters. The monoisotopic (exact) mass is 686 g/mol. The number of nitrogens with zero attached hydrogens (tertiary/aromatic N) is 1. The van der Waals surface area contributed by atoms with Gasteiger partial charge < -0.3 is 15.5 Å². The summed E-state index contributed by atoms with van der Waals surface area (Å²) in [6, 6.07) is 0. The molecule has 0 saturated carbocycles. The lowest BCUT2D eigenvalue weighted by atomic mass is 10.0. The molecule has 5 nitrogen and oxygen atoms in total. The zero-order chi connectivity index (χ0) is 33.8. The van der Waals surface area contributed by atoms with Crippen molar-refractivity contribution in [3.63, 3.8) is 0 Å². The first-order chi connectivity index (χ1) is 22.5. The molecule has 0 bridgehead atoms. The smallest absolute Gasteiger partial charge is 0.221 e. The Bertz CT molecular complexity index is 598. The third-order valence-corrected chi connectivity index (χ3v) is 9.55. The molecule has 2 amide bonds. The summed E-state index contributed by atoms with van der Waals surface area (Å²) in [4.78, 5) is 27.4. The first-order valence-corrected chi connectivity index (χ1v) is 20.7. The minimum atomic E-state index is -0.268. The minimum absolute atomic E-state index is 0. The highest BCUT2D eigenvalue weighted by molar-refractivity contribution is 5.85. The molecule has 0 heterocycles. The van der Waals surface area contributed by atoms with E-state index in [-0.39, 0.29) is 30.4 Å². The largest absolute Gasteiger partial charge is 0.336 e. The van der Waals surface area contributed by atoms with E-state index in [2.05, 4.69) is 29.4 Å². The molecule has 0 aliphatic heterocycles. The fraction of sp³-hybridized carbons (Fsp3) is 0.951. The maximum Gasteiger partial charge on any atom is 0.221 e. The third-order valence-electron chi connectivity index (χ3n) is 9.55. The number of hydrogen-bond acceptors (Lipinski definition) is 3. The summed E-state index contributed by atoms with van der Waals surface area (Å²) in [5.74, 6) is 0.149. The molecule has 0 saturated heterocycles. The van der Waals surface area contributed by atoms with Gasteiger partial charge >= 0.3 is 0 Å². The Labute approximate surface area is 301 Å². The molecule has 0 fully saturated rings. The molecule has 47 heavy (non-hydrogen) atoms. The van der Waals surface area contributed by atoms with Crippen molar-refractivity contribution in [1.82, 2.24) is 15.5 Å². The van der Waals surface area contributed by atoms with Gasteiger partial charge in [0.2, 0.25) is 11.8 Å². The van der Waals surface area contributed by atoms with E-state index >= 15 is 0 Å². The van der Waals surface area contributed by atoms with Crippen LogP contribution in [0.15, 0.2) is 0 Å². The number of carbonyl (C=O) groups excluding carboxylic acids is 2. The molecule has 0 rings (SSSR count). The van der Waals surface area contributed by atoms with Crippen LogP contribution >= 0.6 is 12.4 Å². The van der Waals surface area contributed by atoms with E-state index in [9.17, 15) is 9.59 Å². The van der Waals surface area contributed by atoms with Crippen LogP contribution in [-0.4, -0.2) is 43.5 Å². The fourth-order valence-corrected chi connectivity index (χ4v) is 6.41. The minimum Gasteiger partial charge on any atom is -0.336 e. The maximum absolute atomic E-state index is 12.6. The second kappa shape index (κ2) is 39.6. The topological polar surface area (TPSA) is 61.4 Å². The Morgan fingerprint density at radius 3 is 0.894 bits per heavy atom. The second-order valence-electron chi connectivity index (χ2n) is 14.7. The van der Waals surface area contributed by atoms with Crippen LogP contribution in [0.2, 0.25) is 0 Å². The van der Waals surface area contributed by atoms with Gasteiger partial charge in [-0.25, -0.2) is 0 Å². The average Bonchev–Trinajstić information content (AvgIpc) is 3.03. The quantitative estimate of drug-likeness (QED) is 0.0505. The van der Waals surface area contributed by atoms with E-state index in [4.69, 9.17) is 0 Å². The standard InChI is InChI=1S/C41H83N3O2.ClH/c1-5-7-9-11-13-15-17-19-21-23-25-27-29-31-33-35-40(45)42-39(37-38-44(3)4)43-41(46)36-34-32-30-28-26-24-22-20-18-16-14-12-10-8-6-2;/h39H,5-38H2,1-4H3,(H,42,45)(H,43,46);1H. The van der Waals surface area contributed by atoms with Gasteiger partial charge in [0.05, 0.1) is 0 Å². The summed E-state index contributed by atoms with van der Waals surface area (Å²) < 4.78 is 0. The number of rotatable bonds is 37. The predicted octanol–water partition coefficient (Wildman–Crippen LogP) is 12.4. The number of unbranched alkanes of at least 4 members (excludes halogenated alkanes) is 28. The van der Waals surface area contributed by atoms with Crippen LogP contribution in [0.25, 0.3) is 0 Å². The van der Waals surface area contributed by atoms with E-state index in [0.29, 0.717) is 12.8 Å².